The maximum Gasteiger partial charge on any atom is 0.287 e. The lowest BCUT2D eigenvalue weighted by Crippen LogP contribution is -2.47. The number of rotatable bonds is 3. The van der Waals surface area contributed by atoms with E-state index in [1.165, 1.54) is 12.3 Å². The van der Waals surface area contributed by atoms with Crippen LogP contribution in [0.1, 0.15) is 20.8 Å². The van der Waals surface area contributed by atoms with E-state index in [1.54, 1.807) is 16.9 Å². The van der Waals surface area contributed by atoms with Crippen molar-refractivity contribution in [2.24, 2.45) is 0 Å². The molecule has 1 fully saturated rings. The molecule has 0 unspecified atom stereocenters. The van der Waals surface area contributed by atoms with E-state index in [-0.39, 0.29) is 16.8 Å². The summed E-state index contributed by atoms with van der Waals surface area (Å²) in [7, 11) is 0. The zero-order valence-corrected chi connectivity index (χ0v) is 16.5. The molecule has 3 aromatic heterocycles. The fourth-order valence-electron chi connectivity index (χ4n) is 3.37. The summed E-state index contributed by atoms with van der Waals surface area (Å²) in [5, 5.41) is 15.6. The highest BCUT2D eigenvalue weighted by atomic mass is 16.6. The van der Waals surface area contributed by atoms with Crippen LogP contribution in [0.15, 0.2) is 29.3 Å². The molecule has 1 aliphatic heterocycles. The van der Waals surface area contributed by atoms with Crippen LogP contribution in [0.4, 0.5) is 17.5 Å². The topological polar surface area (TPSA) is 126 Å². The van der Waals surface area contributed by atoms with Crippen LogP contribution in [0.2, 0.25) is 0 Å². The standard InChI is InChI=1S/C18H22N8O3/c1-18(2,3)25-15-13(11-20-25)16(27)22-17(21-15)24-8-6-23(7-9-24)14-5-4-12(10-19-14)26(28)29/h4-5,10-11H,6-9H2,1-3H3,(H,21,22,27). The van der Waals surface area contributed by atoms with Crippen LogP contribution >= 0.6 is 0 Å². The van der Waals surface area contributed by atoms with Gasteiger partial charge < -0.3 is 9.80 Å². The number of H-pyrrole nitrogens is 1. The van der Waals surface area contributed by atoms with Gasteiger partial charge in [-0.2, -0.15) is 10.1 Å². The number of hydrogen-bond acceptors (Lipinski definition) is 8. The van der Waals surface area contributed by atoms with Gasteiger partial charge in [0.1, 0.15) is 17.4 Å². The van der Waals surface area contributed by atoms with Crippen molar-refractivity contribution in [3.05, 3.63) is 45.0 Å². The van der Waals surface area contributed by atoms with Crippen LogP contribution in [0.25, 0.3) is 11.0 Å². The molecule has 29 heavy (non-hydrogen) atoms. The van der Waals surface area contributed by atoms with E-state index < -0.39 is 4.92 Å². The van der Waals surface area contributed by atoms with Crippen molar-refractivity contribution in [3.8, 4) is 0 Å². The molecule has 152 valence electrons. The summed E-state index contributed by atoms with van der Waals surface area (Å²) in [5.74, 6) is 1.21. The summed E-state index contributed by atoms with van der Waals surface area (Å²) in [5.41, 5.74) is 0.0358. The van der Waals surface area contributed by atoms with E-state index >= 15 is 0 Å². The van der Waals surface area contributed by atoms with Gasteiger partial charge in [-0.1, -0.05) is 0 Å². The number of nitrogens with one attached hydrogen (secondary N) is 1. The van der Waals surface area contributed by atoms with Gasteiger partial charge in [0, 0.05) is 32.2 Å². The zero-order valence-electron chi connectivity index (χ0n) is 16.5. The van der Waals surface area contributed by atoms with E-state index in [9.17, 15) is 14.9 Å². The van der Waals surface area contributed by atoms with Crippen LogP contribution in [0, 0.1) is 10.1 Å². The molecule has 0 saturated carbocycles. The van der Waals surface area contributed by atoms with Crippen molar-refractivity contribution >= 4 is 28.5 Å². The minimum atomic E-state index is -0.463. The minimum absolute atomic E-state index is 0.0297. The smallest absolute Gasteiger partial charge is 0.287 e. The van der Waals surface area contributed by atoms with Crippen LogP contribution < -0.4 is 15.4 Å². The summed E-state index contributed by atoms with van der Waals surface area (Å²) in [6.07, 6.45) is 2.82. The van der Waals surface area contributed by atoms with Crippen molar-refractivity contribution in [3.63, 3.8) is 0 Å². The molecule has 0 radical (unpaired) electrons. The van der Waals surface area contributed by atoms with Gasteiger partial charge in [0.15, 0.2) is 5.65 Å². The average molecular weight is 398 g/mol. The van der Waals surface area contributed by atoms with Gasteiger partial charge in [0.2, 0.25) is 5.95 Å². The van der Waals surface area contributed by atoms with E-state index in [2.05, 4.69) is 25.0 Å². The van der Waals surface area contributed by atoms with E-state index in [0.29, 0.717) is 49.0 Å². The largest absolute Gasteiger partial charge is 0.353 e. The molecule has 4 rings (SSSR count). The fourth-order valence-corrected chi connectivity index (χ4v) is 3.37. The van der Waals surface area contributed by atoms with Gasteiger partial charge in [-0.05, 0) is 26.8 Å². The molecule has 0 amide bonds. The maximum atomic E-state index is 12.5. The Labute approximate surface area is 166 Å². The second-order valence-electron chi connectivity index (χ2n) is 7.96. The van der Waals surface area contributed by atoms with Gasteiger partial charge in [-0.15, -0.1) is 0 Å². The number of anilines is 2. The molecule has 0 atom stereocenters. The van der Waals surface area contributed by atoms with Crippen LogP contribution in [-0.4, -0.2) is 55.8 Å². The molecule has 11 nitrogen and oxygen atoms in total. The van der Waals surface area contributed by atoms with Crippen molar-refractivity contribution < 1.29 is 4.92 Å². The second-order valence-corrected chi connectivity index (χ2v) is 7.96. The number of nitrogens with zero attached hydrogens (tertiary/aromatic N) is 7. The Bertz CT molecular complexity index is 1100. The van der Waals surface area contributed by atoms with Gasteiger partial charge >= 0.3 is 0 Å². The molecule has 0 bridgehead atoms. The van der Waals surface area contributed by atoms with Crippen molar-refractivity contribution in [1.29, 1.82) is 0 Å². The van der Waals surface area contributed by atoms with Crippen molar-refractivity contribution in [1.82, 2.24) is 24.7 Å². The predicted molar refractivity (Wildman–Crippen MR) is 108 cm³/mol. The predicted octanol–water partition coefficient (Wildman–Crippen LogP) is 1.50. The van der Waals surface area contributed by atoms with Crippen LogP contribution in [-0.2, 0) is 5.54 Å². The summed E-state index contributed by atoms with van der Waals surface area (Å²) >= 11 is 0. The van der Waals surface area contributed by atoms with Crippen molar-refractivity contribution in [2.45, 2.75) is 26.3 Å². The number of hydrogen-bond donors (Lipinski definition) is 1. The third-order valence-corrected chi connectivity index (χ3v) is 4.91. The molecule has 0 aliphatic carbocycles. The van der Waals surface area contributed by atoms with Crippen LogP contribution in [0.3, 0.4) is 0 Å². The highest BCUT2D eigenvalue weighted by molar-refractivity contribution is 5.74. The second kappa shape index (κ2) is 6.83. The Balaban J connectivity index is 1.54. The monoisotopic (exact) mass is 398 g/mol. The number of fused-ring (bicyclic) bond motifs is 1. The summed E-state index contributed by atoms with van der Waals surface area (Å²) in [4.78, 5) is 38.6. The first-order valence-corrected chi connectivity index (χ1v) is 9.33. The highest BCUT2D eigenvalue weighted by Gasteiger charge is 2.24. The molecular weight excluding hydrogens is 376 g/mol. The number of aromatic nitrogens is 5. The molecule has 0 spiro atoms. The Hall–Kier alpha value is -3.50. The Morgan fingerprint density at radius 3 is 2.38 bits per heavy atom. The SMILES string of the molecule is CC(C)(C)n1ncc2c(=O)[nH]c(N3CCN(c4ccc([N+](=O)[O-])cn4)CC3)nc21. The highest BCUT2D eigenvalue weighted by Crippen LogP contribution is 2.22. The Morgan fingerprint density at radius 2 is 1.79 bits per heavy atom. The zero-order chi connectivity index (χ0) is 20.8. The third kappa shape index (κ3) is 3.50. The number of nitro groups is 1. The number of aromatic amines is 1. The quantitative estimate of drug-likeness (QED) is 0.520. The van der Waals surface area contributed by atoms with Crippen LogP contribution in [0.5, 0.6) is 0 Å². The Morgan fingerprint density at radius 1 is 1.10 bits per heavy atom. The molecule has 1 aliphatic rings. The summed E-state index contributed by atoms with van der Waals surface area (Å²) in [6.45, 7) is 8.62. The molecule has 1 saturated heterocycles. The summed E-state index contributed by atoms with van der Waals surface area (Å²) < 4.78 is 1.76. The lowest BCUT2D eigenvalue weighted by molar-refractivity contribution is -0.385. The number of piperazine rings is 1. The lowest BCUT2D eigenvalue weighted by Gasteiger charge is -2.35. The molecule has 1 N–H and O–H groups in total. The van der Waals surface area contributed by atoms with Gasteiger partial charge in [-0.25, -0.2) is 9.67 Å². The van der Waals surface area contributed by atoms with E-state index in [0.717, 1.165) is 0 Å². The van der Waals surface area contributed by atoms with Gasteiger partial charge in [0.25, 0.3) is 11.2 Å². The van der Waals surface area contributed by atoms with E-state index in [4.69, 9.17) is 0 Å². The Kier molecular flexibility index (Phi) is 4.44. The fraction of sp³-hybridized carbons (Fsp3) is 0.444. The van der Waals surface area contributed by atoms with Crippen molar-refractivity contribution in [2.75, 3.05) is 36.0 Å². The normalized spacial score (nSPS) is 15.1. The first-order chi connectivity index (χ1) is 13.7. The lowest BCUT2D eigenvalue weighted by atomic mass is 10.1. The molecule has 3 aromatic rings. The first-order valence-electron chi connectivity index (χ1n) is 9.33. The number of pyridine rings is 1. The third-order valence-electron chi connectivity index (χ3n) is 4.91. The van der Waals surface area contributed by atoms with Gasteiger partial charge in [-0.3, -0.25) is 19.9 Å². The molecule has 4 heterocycles. The molecule has 11 heteroatoms. The average Bonchev–Trinajstić information content (AvgIpc) is 3.13. The molecule has 0 aromatic carbocycles. The molecular formula is C18H22N8O3. The van der Waals surface area contributed by atoms with E-state index in [1.807, 2.05) is 25.7 Å². The summed E-state index contributed by atoms with van der Waals surface area (Å²) in [6, 6.07) is 3.11. The van der Waals surface area contributed by atoms with Gasteiger partial charge in [0.05, 0.1) is 16.7 Å². The maximum absolute atomic E-state index is 12.5. The minimum Gasteiger partial charge on any atom is -0.353 e. The first kappa shape index (κ1) is 18.8.